The summed E-state index contributed by atoms with van der Waals surface area (Å²) < 4.78 is 45.7. The number of rotatable bonds is 9. The Morgan fingerprint density at radius 2 is 1.87 bits per heavy atom. The van der Waals surface area contributed by atoms with Crippen LogP contribution >= 0.6 is 0 Å². The van der Waals surface area contributed by atoms with Gasteiger partial charge in [-0.05, 0) is 62.3 Å². The number of aromatic nitrogens is 5. The van der Waals surface area contributed by atoms with Gasteiger partial charge in [0, 0.05) is 55.5 Å². The molecule has 5 heterocycles. The van der Waals surface area contributed by atoms with E-state index in [1.54, 1.807) is 12.3 Å². The van der Waals surface area contributed by atoms with Crippen molar-refractivity contribution < 1.29 is 17.5 Å². The molecule has 0 bridgehead atoms. The lowest BCUT2D eigenvalue weighted by Gasteiger charge is -2.35. The van der Waals surface area contributed by atoms with E-state index in [9.17, 15) is 12.8 Å². The summed E-state index contributed by atoms with van der Waals surface area (Å²) in [7, 11) is -3.51. The largest absolute Gasteiger partial charge is 0.382 e. The summed E-state index contributed by atoms with van der Waals surface area (Å²) in [6, 6.07) is 5.92. The van der Waals surface area contributed by atoms with Crippen LogP contribution in [0.1, 0.15) is 55.5 Å². The number of halogens is 1. The lowest BCUT2D eigenvalue weighted by Crippen LogP contribution is -2.50. The van der Waals surface area contributed by atoms with Gasteiger partial charge in [-0.3, -0.25) is 9.88 Å². The SMILES string of the molecule is NC1(c2ccnc(-c3cnn(S(=O)(=O)C4CC4)c3)n2)C=C(NC2CCC(F)CC2)C(c2ccc(CN3CCOCC3)cn2)=CN1. The molecule has 0 spiro atoms. The highest BCUT2D eigenvalue weighted by atomic mass is 32.2. The van der Waals surface area contributed by atoms with Crippen LogP contribution in [0.15, 0.2) is 61.0 Å². The van der Waals surface area contributed by atoms with Crippen LogP contribution in [0.3, 0.4) is 0 Å². The molecule has 2 saturated carbocycles. The molecule has 1 saturated heterocycles. The summed E-state index contributed by atoms with van der Waals surface area (Å²) >= 11 is 0. The van der Waals surface area contributed by atoms with Crippen molar-refractivity contribution in [2.75, 3.05) is 26.3 Å². The van der Waals surface area contributed by atoms with Crippen molar-refractivity contribution in [2.45, 2.75) is 68.2 Å². The zero-order chi connectivity index (χ0) is 31.0. The molecule has 45 heavy (non-hydrogen) atoms. The highest BCUT2D eigenvalue weighted by Crippen LogP contribution is 2.33. The summed E-state index contributed by atoms with van der Waals surface area (Å²) in [5.41, 5.74) is 10.2. The summed E-state index contributed by atoms with van der Waals surface area (Å²) in [5.74, 6) is 0.313. The van der Waals surface area contributed by atoms with Crippen molar-refractivity contribution in [1.29, 1.82) is 0 Å². The second-order valence-corrected chi connectivity index (χ2v) is 14.3. The van der Waals surface area contributed by atoms with Crippen molar-refractivity contribution in [3.63, 3.8) is 0 Å². The number of allylic oxidation sites excluding steroid dienone is 1. The number of nitrogens with one attached hydrogen (secondary N) is 2. The average molecular weight is 636 g/mol. The third-order valence-electron chi connectivity index (χ3n) is 8.85. The van der Waals surface area contributed by atoms with E-state index in [0.29, 0.717) is 55.6 Å². The van der Waals surface area contributed by atoms with Crippen LogP contribution in [0.2, 0.25) is 0 Å². The Morgan fingerprint density at radius 1 is 1.07 bits per heavy atom. The highest BCUT2D eigenvalue weighted by molar-refractivity contribution is 7.90. The quantitative estimate of drug-likeness (QED) is 0.318. The number of morpholine rings is 1. The van der Waals surface area contributed by atoms with Crippen LogP contribution in [0, 0.1) is 0 Å². The minimum Gasteiger partial charge on any atom is -0.382 e. The second-order valence-electron chi connectivity index (χ2n) is 12.3. The summed E-state index contributed by atoms with van der Waals surface area (Å²) in [5, 5.41) is 10.6. The number of hydrogen-bond acceptors (Lipinski definition) is 11. The van der Waals surface area contributed by atoms with Gasteiger partial charge in [0.05, 0.1) is 47.8 Å². The van der Waals surface area contributed by atoms with E-state index in [1.807, 2.05) is 24.5 Å². The Hall–Kier alpha value is -3.72. The minimum atomic E-state index is -3.51. The smallest absolute Gasteiger partial charge is 0.256 e. The number of pyridine rings is 1. The number of nitrogens with zero attached hydrogens (tertiary/aromatic N) is 6. The van der Waals surface area contributed by atoms with E-state index < -0.39 is 21.9 Å². The lowest BCUT2D eigenvalue weighted by molar-refractivity contribution is 0.0341. The fourth-order valence-electron chi connectivity index (χ4n) is 6.01. The molecule has 3 aromatic rings. The van der Waals surface area contributed by atoms with Crippen molar-refractivity contribution in [3.05, 3.63) is 77.9 Å². The van der Waals surface area contributed by atoms with Crippen molar-refractivity contribution in [3.8, 4) is 11.4 Å². The zero-order valence-electron chi connectivity index (χ0n) is 25.0. The number of nitrogens with two attached hydrogens (primary N) is 1. The number of dihydropyridines is 1. The van der Waals surface area contributed by atoms with Gasteiger partial charge in [0.1, 0.15) is 6.17 Å². The van der Waals surface area contributed by atoms with Crippen LogP contribution in [0.25, 0.3) is 17.0 Å². The molecule has 2 aliphatic heterocycles. The van der Waals surface area contributed by atoms with E-state index in [0.717, 1.165) is 59.5 Å². The molecule has 238 valence electrons. The molecule has 4 aliphatic rings. The van der Waals surface area contributed by atoms with Crippen LogP contribution in [0.5, 0.6) is 0 Å². The van der Waals surface area contributed by atoms with Gasteiger partial charge >= 0.3 is 0 Å². The van der Waals surface area contributed by atoms with Gasteiger partial charge in [0.15, 0.2) is 11.5 Å². The first kappa shape index (κ1) is 30.0. The van der Waals surface area contributed by atoms with E-state index in [4.69, 9.17) is 20.4 Å². The Kier molecular flexibility index (Phi) is 8.14. The van der Waals surface area contributed by atoms with Gasteiger partial charge in [-0.1, -0.05) is 6.07 Å². The Bertz CT molecular complexity index is 1690. The van der Waals surface area contributed by atoms with Gasteiger partial charge in [0.25, 0.3) is 10.0 Å². The third-order valence-corrected chi connectivity index (χ3v) is 10.9. The predicted molar refractivity (Wildman–Crippen MR) is 166 cm³/mol. The van der Waals surface area contributed by atoms with Crippen LogP contribution in [-0.2, 0) is 27.0 Å². The standard InChI is InChI=1S/C31H38FN9O3S/c32-23-2-4-24(5-3-23)38-28-15-31(33,36-18-26(28)27-8-1-21(16-35-27)19-40-11-13-44-14-12-40)29-9-10-34-30(39-29)22-17-37-41(20-22)45(42,43)25-6-7-25/h1,8-10,15-18,20,23-25,36,38H,2-7,11-14,19,33H2. The van der Waals surface area contributed by atoms with Gasteiger partial charge in [-0.15, -0.1) is 0 Å². The van der Waals surface area contributed by atoms with Gasteiger partial charge < -0.3 is 21.1 Å². The van der Waals surface area contributed by atoms with Crippen LogP contribution < -0.4 is 16.4 Å². The maximum absolute atomic E-state index is 14.0. The topological polar surface area (TPSA) is 153 Å². The first-order chi connectivity index (χ1) is 21.8. The fraction of sp³-hybridized carbons (Fsp3) is 0.484. The van der Waals surface area contributed by atoms with E-state index >= 15 is 0 Å². The summed E-state index contributed by atoms with van der Waals surface area (Å²) in [6.45, 7) is 4.11. The van der Waals surface area contributed by atoms with Crippen LogP contribution in [0.4, 0.5) is 4.39 Å². The van der Waals surface area contributed by atoms with E-state index in [2.05, 4.69) is 31.7 Å². The molecule has 2 aliphatic carbocycles. The first-order valence-corrected chi connectivity index (χ1v) is 17.1. The molecular weight excluding hydrogens is 597 g/mol. The zero-order valence-corrected chi connectivity index (χ0v) is 25.8. The molecule has 0 aromatic carbocycles. The maximum atomic E-state index is 14.0. The summed E-state index contributed by atoms with van der Waals surface area (Å²) in [6.07, 6.45) is 13.1. The van der Waals surface area contributed by atoms with Crippen LogP contribution in [-0.4, -0.2) is 81.2 Å². The molecule has 7 rings (SSSR count). The fourth-order valence-corrected chi connectivity index (χ4v) is 7.49. The van der Waals surface area contributed by atoms with E-state index in [1.165, 1.54) is 12.4 Å². The Balaban J connectivity index is 1.15. The van der Waals surface area contributed by atoms with E-state index in [-0.39, 0.29) is 11.3 Å². The molecule has 3 aromatic heterocycles. The lowest BCUT2D eigenvalue weighted by atomic mass is 9.91. The summed E-state index contributed by atoms with van der Waals surface area (Å²) in [4.78, 5) is 16.3. The third kappa shape index (κ3) is 6.50. The first-order valence-electron chi connectivity index (χ1n) is 15.6. The second kappa shape index (κ2) is 12.2. The van der Waals surface area contributed by atoms with Gasteiger partial charge in [-0.2, -0.15) is 9.19 Å². The predicted octanol–water partition coefficient (Wildman–Crippen LogP) is 2.42. The molecule has 3 fully saturated rings. The normalized spacial score (nSPS) is 26.1. The molecule has 14 heteroatoms. The molecule has 12 nitrogen and oxygen atoms in total. The molecule has 0 amide bonds. The average Bonchev–Trinajstić information content (AvgIpc) is 3.80. The number of alkyl halides is 1. The maximum Gasteiger partial charge on any atom is 0.256 e. The van der Waals surface area contributed by atoms with Crippen molar-refractivity contribution in [2.24, 2.45) is 5.73 Å². The molecular formula is C31H38FN9O3S. The Labute approximate surface area is 262 Å². The molecule has 0 radical (unpaired) electrons. The van der Waals surface area contributed by atoms with Gasteiger partial charge in [-0.25, -0.2) is 22.8 Å². The number of hydrogen-bond donors (Lipinski definition) is 3. The highest BCUT2D eigenvalue weighted by Gasteiger charge is 2.38. The Morgan fingerprint density at radius 3 is 2.60 bits per heavy atom. The molecule has 4 N–H and O–H groups in total. The number of ether oxygens (including phenoxy) is 1. The van der Waals surface area contributed by atoms with Gasteiger partial charge in [0.2, 0.25) is 0 Å². The molecule has 1 unspecified atom stereocenters. The minimum absolute atomic E-state index is 0.0924. The van der Waals surface area contributed by atoms with Crippen molar-refractivity contribution >= 4 is 15.6 Å². The molecule has 1 atom stereocenters. The monoisotopic (exact) mass is 635 g/mol. The van der Waals surface area contributed by atoms with Crippen molar-refractivity contribution in [1.82, 2.24) is 39.7 Å².